The number of likely N-dealkylation sites (N-methyl/N-ethyl adjacent to an activating group) is 2. The Balaban J connectivity index is 2.71. The molecule has 1 amide bonds. The van der Waals surface area contributed by atoms with E-state index >= 15 is 0 Å². The van der Waals surface area contributed by atoms with Crippen molar-refractivity contribution in [3.8, 4) is 11.5 Å². The zero-order chi connectivity index (χ0) is 14.4. The number of nitrogens with zero attached hydrogens (tertiary/aromatic N) is 1. The van der Waals surface area contributed by atoms with Crippen LogP contribution in [-0.2, 0) is 4.79 Å². The summed E-state index contributed by atoms with van der Waals surface area (Å²) < 4.78 is 0. The molecular weight excluding hydrogens is 248 g/mol. The van der Waals surface area contributed by atoms with Crippen molar-refractivity contribution >= 4 is 11.7 Å². The molecule has 0 aliphatic carbocycles. The highest BCUT2D eigenvalue weighted by Crippen LogP contribution is 2.25. The van der Waals surface area contributed by atoms with Gasteiger partial charge in [-0.25, -0.2) is 0 Å². The highest BCUT2D eigenvalue weighted by Gasteiger charge is 2.15. The van der Waals surface area contributed by atoms with Crippen LogP contribution in [-0.4, -0.2) is 53.5 Å². The number of amides is 1. The first kappa shape index (κ1) is 15.0. The van der Waals surface area contributed by atoms with Crippen molar-refractivity contribution in [2.75, 3.05) is 26.7 Å². The molecule has 0 heterocycles. The molecule has 1 rings (SSSR count). The average molecular weight is 266 g/mol. The van der Waals surface area contributed by atoms with Crippen molar-refractivity contribution in [2.24, 2.45) is 0 Å². The summed E-state index contributed by atoms with van der Waals surface area (Å²) in [6.45, 7) is 2.63. The van der Waals surface area contributed by atoms with E-state index in [1.165, 1.54) is 25.2 Å². The predicted octanol–water partition coefficient (Wildman–Crippen LogP) is 0.348. The van der Waals surface area contributed by atoms with E-state index in [1.807, 2.05) is 6.92 Å². The maximum atomic E-state index is 12.0. The standard InChI is InChI=1S/C13H18N2O4/c1-3-15(8-13(19)14-2)7-12(18)9-4-5-10(16)11(17)6-9/h4-6,16-17H,3,7-8H2,1-2H3,(H,14,19). The van der Waals surface area contributed by atoms with Crippen LogP contribution >= 0.6 is 0 Å². The molecule has 0 bridgehead atoms. The lowest BCUT2D eigenvalue weighted by atomic mass is 10.1. The second-order valence-corrected chi connectivity index (χ2v) is 4.10. The number of Topliss-reactive ketones (excluding diaryl/α,β-unsaturated/α-hetero) is 1. The fourth-order valence-electron chi connectivity index (χ4n) is 1.55. The molecule has 6 heteroatoms. The second kappa shape index (κ2) is 6.75. The highest BCUT2D eigenvalue weighted by molar-refractivity contribution is 5.98. The van der Waals surface area contributed by atoms with E-state index in [-0.39, 0.29) is 36.3 Å². The molecule has 104 valence electrons. The molecule has 3 N–H and O–H groups in total. The highest BCUT2D eigenvalue weighted by atomic mass is 16.3. The summed E-state index contributed by atoms with van der Waals surface area (Å²) >= 11 is 0. The Hall–Kier alpha value is -2.08. The number of ketones is 1. The number of rotatable bonds is 6. The van der Waals surface area contributed by atoms with Gasteiger partial charge in [0.1, 0.15) is 0 Å². The number of phenolic OH excluding ortho intramolecular Hbond substituents is 2. The molecule has 0 saturated heterocycles. The first-order chi connectivity index (χ1) is 8.97. The Kier molecular flexibility index (Phi) is 5.32. The van der Waals surface area contributed by atoms with E-state index in [2.05, 4.69) is 5.32 Å². The Morgan fingerprint density at radius 2 is 1.89 bits per heavy atom. The van der Waals surface area contributed by atoms with Crippen molar-refractivity contribution in [1.82, 2.24) is 10.2 Å². The lowest BCUT2D eigenvalue weighted by Crippen LogP contribution is -2.38. The van der Waals surface area contributed by atoms with Crippen LogP contribution in [0.2, 0.25) is 0 Å². The number of nitrogens with one attached hydrogen (secondary N) is 1. The van der Waals surface area contributed by atoms with E-state index in [0.29, 0.717) is 12.1 Å². The molecule has 0 aliphatic rings. The topological polar surface area (TPSA) is 89.9 Å². The molecule has 1 aromatic rings. The third-order valence-corrected chi connectivity index (χ3v) is 2.76. The third kappa shape index (κ3) is 4.26. The molecule has 6 nitrogen and oxygen atoms in total. The quantitative estimate of drug-likeness (QED) is 0.510. The smallest absolute Gasteiger partial charge is 0.233 e. The first-order valence-corrected chi connectivity index (χ1v) is 5.96. The number of carbonyl (C=O) groups excluding carboxylic acids is 2. The fraction of sp³-hybridized carbons (Fsp3) is 0.385. The minimum atomic E-state index is -0.333. The van der Waals surface area contributed by atoms with Crippen LogP contribution in [0.15, 0.2) is 18.2 Å². The zero-order valence-electron chi connectivity index (χ0n) is 11.0. The van der Waals surface area contributed by atoms with Crippen molar-refractivity contribution in [3.63, 3.8) is 0 Å². The molecule has 0 spiro atoms. The summed E-state index contributed by atoms with van der Waals surface area (Å²) in [7, 11) is 1.54. The third-order valence-electron chi connectivity index (χ3n) is 2.76. The van der Waals surface area contributed by atoms with Crippen LogP contribution < -0.4 is 5.32 Å². The Morgan fingerprint density at radius 1 is 1.21 bits per heavy atom. The number of phenols is 2. The van der Waals surface area contributed by atoms with Crippen LogP contribution in [0.5, 0.6) is 11.5 Å². The van der Waals surface area contributed by atoms with Gasteiger partial charge in [0.25, 0.3) is 0 Å². The average Bonchev–Trinajstić information content (AvgIpc) is 2.40. The molecule has 0 saturated carbocycles. The van der Waals surface area contributed by atoms with Crippen molar-refractivity contribution in [1.29, 1.82) is 0 Å². The van der Waals surface area contributed by atoms with Crippen LogP contribution in [0.4, 0.5) is 0 Å². The van der Waals surface area contributed by atoms with Gasteiger partial charge in [0.05, 0.1) is 13.1 Å². The van der Waals surface area contributed by atoms with Crippen LogP contribution in [0, 0.1) is 0 Å². The summed E-state index contributed by atoms with van der Waals surface area (Å²) in [5.74, 6) is -0.987. The number of hydrogen-bond acceptors (Lipinski definition) is 5. The monoisotopic (exact) mass is 266 g/mol. The number of aromatic hydroxyl groups is 2. The van der Waals surface area contributed by atoms with Gasteiger partial charge in [-0.15, -0.1) is 0 Å². The van der Waals surface area contributed by atoms with Crippen molar-refractivity contribution in [3.05, 3.63) is 23.8 Å². The van der Waals surface area contributed by atoms with Gasteiger partial charge in [-0.1, -0.05) is 6.92 Å². The summed E-state index contributed by atoms with van der Waals surface area (Å²) in [5, 5.41) is 21.0. The van der Waals surface area contributed by atoms with Crippen molar-refractivity contribution in [2.45, 2.75) is 6.92 Å². The summed E-state index contributed by atoms with van der Waals surface area (Å²) in [6, 6.07) is 3.91. The van der Waals surface area contributed by atoms with Gasteiger partial charge in [-0.2, -0.15) is 0 Å². The van der Waals surface area contributed by atoms with Gasteiger partial charge in [-0.05, 0) is 24.7 Å². The lowest BCUT2D eigenvalue weighted by Gasteiger charge is -2.18. The van der Waals surface area contributed by atoms with Crippen LogP contribution in [0.3, 0.4) is 0 Å². The number of carbonyl (C=O) groups is 2. The van der Waals surface area contributed by atoms with Gasteiger partial charge < -0.3 is 15.5 Å². The molecule has 0 aromatic heterocycles. The molecule has 0 unspecified atom stereocenters. The predicted molar refractivity (Wildman–Crippen MR) is 70.3 cm³/mol. The lowest BCUT2D eigenvalue weighted by molar-refractivity contribution is -0.121. The fourth-order valence-corrected chi connectivity index (χ4v) is 1.55. The van der Waals surface area contributed by atoms with Gasteiger partial charge in [-0.3, -0.25) is 14.5 Å². The number of hydrogen-bond donors (Lipinski definition) is 3. The molecule has 0 atom stereocenters. The van der Waals surface area contributed by atoms with Crippen LogP contribution in [0.25, 0.3) is 0 Å². The minimum absolute atomic E-state index is 0.0775. The Labute approximate surface area is 111 Å². The maximum absolute atomic E-state index is 12.0. The van der Waals surface area contributed by atoms with Gasteiger partial charge >= 0.3 is 0 Å². The summed E-state index contributed by atoms with van der Waals surface area (Å²) in [4.78, 5) is 24.9. The van der Waals surface area contributed by atoms with Gasteiger partial charge in [0.2, 0.25) is 5.91 Å². The Bertz CT molecular complexity index is 474. The SMILES string of the molecule is CCN(CC(=O)NC)CC(=O)c1ccc(O)c(O)c1. The van der Waals surface area contributed by atoms with Crippen LogP contribution in [0.1, 0.15) is 17.3 Å². The van der Waals surface area contributed by atoms with E-state index in [1.54, 1.807) is 4.90 Å². The Morgan fingerprint density at radius 3 is 2.42 bits per heavy atom. The maximum Gasteiger partial charge on any atom is 0.233 e. The number of benzene rings is 1. The van der Waals surface area contributed by atoms with Gasteiger partial charge in [0, 0.05) is 12.6 Å². The second-order valence-electron chi connectivity index (χ2n) is 4.10. The van der Waals surface area contributed by atoms with Gasteiger partial charge in [0.15, 0.2) is 17.3 Å². The first-order valence-electron chi connectivity index (χ1n) is 5.96. The summed E-state index contributed by atoms with van der Waals surface area (Å²) in [6.07, 6.45) is 0. The van der Waals surface area contributed by atoms with E-state index in [9.17, 15) is 19.8 Å². The normalized spacial score (nSPS) is 10.5. The molecule has 0 radical (unpaired) electrons. The molecule has 0 aliphatic heterocycles. The van der Waals surface area contributed by atoms with E-state index < -0.39 is 0 Å². The molecule has 0 fully saturated rings. The molecular formula is C13H18N2O4. The van der Waals surface area contributed by atoms with E-state index in [0.717, 1.165) is 0 Å². The zero-order valence-corrected chi connectivity index (χ0v) is 11.0. The summed E-state index contributed by atoms with van der Waals surface area (Å²) in [5.41, 5.74) is 0.297. The van der Waals surface area contributed by atoms with Crippen molar-refractivity contribution < 1.29 is 19.8 Å². The molecule has 1 aromatic carbocycles. The minimum Gasteiger partial charge on any atom is -0.504 e. The van der Waals surface area contributed by atoms with E-state index in [4.69, 9.17) is 0 Å². The molecule has 19 heavy (non-hydrogen) atoms. The largest absolute Gasteiger partial charge is 0.504 e.